The Bertz CT molecular complexity index is 1110. The van der Waals surface area contributed by atoms with Gasteiger partial charge in [0.25, 0.3) is 5.91 Å². The average Bonchev–Trinajstić information content (AvgIpc) is 2.88. The van der Waals surface area contributed by atoms with Crippen molar-refractivity contribution in [2.45, 2.75) is 24.9 Å². The molecule has 5 heteroatoms. The molecule has 0 aliphatic carbocycles. The number of aliphatic hydroxyl groups is 1. The Kier molecular flexibility index (Phi) is 5.73. The molecule has 1 saturated heterocycles. The van der Waals surface area contributed by atoms with E-state index in [1.165, 1.54) is 0 Å². The molecule has 1 N–H and O–H groups in total. The SMILES string of the molecule is O=C1COc2ccc(C(=O)N3CCC(C(O)(c4ccccc4)c4ccccc4)CC3)cc2C1. The lowest BCUT2D eigenvalue weighted by Crippen LogP contribution is -2.46. The van der Waals surface area contributed by atoms with Crippen molar-refractivity contribution in [3.63, 3.8) is 0 Å². The first-order valence-corrected chi connectivity index (χ1v) is 11.5. The molecule has 33 heavy (non-hydrogen) atoms. The maximum absolute atomic E-state index is 13.2. The maximum Gasteiger partial charge on any atom is 0.253 e. The summed E-state index contributed by atoms with van der Waals surface area (Å²) in [6, 6.07) is 24.9. The Balaban J connectivity index is 1.35. The van der Waals surface area contributed by atoms with Gasteiger partial charge in [-0.3, -0.25) is 9.59 Å². The second kappa shape index (κ2) is 8.83. The fourth-order valence-corrected chi connectivity index (χ4v) is 5.12. The van der Waals surface area contributed by atoms with Gasteiger partial charge < -0.3 is 14.7 Å². The van der Waals surface area contributed by atoms with Crippen molar-refractivity contribution in [1.29, 1.82) is 0 Å². The minimum absolute atomic E-state index is 0.0131. The topological polar surface area (TPSA) is 66.8 Å². The Morgan fingerprint density at radius 3 is 2.12 bits per heavy atom. The Labute approximate surface area is 193 Å². The van der Waals surface area contributed by atoms with E-state index in [-0.39, 0.29) is 24.2 Å². The van der Waals surface area contributed by atoms with Gasteiger partial charge in [-0.15, -0.1) is 0 Å². The minimum Gasteiger partial charge on any atom is -0.486 e. The van der Waals surface area contributed by atoms with Crippen molar-refractivity contribution < 1.29 is 19.4 Å². The van der Waals surface area contributed by atoms with E-state index >= 15 is 0 Å². The lowest BCUT2D eigenvalue weighted by Gasteiger charge is -2.42. The lowest BCUT2D eigenvalue weighted by atomic mass is 9.72. The number of ether oxygens (including phenoxy) is 1. The van der Waals surface area contributed by atoms with Crippen LogP contribution in [-0.4, -0.2) is 41.4 Å². The van der Waals surface area contributed by atoms with Gasteiger partial charge in [0.05, 0.1) is 0 Å². The van der Waals surface area contributed by atoms with Crippen LogP contribution < -0.4 is 4.74 Å². The number of benzene rings is 3. The smallest absolute Gasteiger partial charge is 0.253 e. The predicted octanol–water partition coefficient (Wildman–Crippen LogP) is 3.98. The molecule has 1 fully saturated rings. The summed E-state index contributed by atoms with van der Waals surface area (Å²) in [6.45, 7) is 1.23. The number of piperidine rings is 1. The number of fused-ring (bicyclic) bond motifs is 1. The number of nitrogens with zero attached hydrogens (tertiary/aromatic N) is 1. The van der Waals surface area contributed by atoms with Gasteiger partial charge in [0.15, 0.2) is 5.78 Å². The first-order valence-electron chi connectivity index (χ1n) is 11.5. The number of likely N-dealkylation sites (tertiary alicyclic amines) is 1. The molecule has 5 nitrogen and oxygen atoms in total. The predicted molar refractivity (Wildman–Crippen MR) is 125 cm³/mol. The van der Waals surface area contributed by atoms with E-state index in [9.17, 15) is 14.7 Å². The fourth-order valence-electron chi connectivity index (χ4n) is 5.12. The molecule has 1 amide bonds. The van der Waals surface area contributed by atoms with Gasteiger partial charge in [-0.2, -0.15) is 0 Å². The molecule has 168 valence electrons. The van der Waals surface area contributed by atoms with Crippen LogP contribution in [0.1, 0.15) is 39.9 Å². The van der Waals surface area contributed by atoms with Gasteiger partial charge in [-0.25, -0.2) is 0 Å². The number of Topliss-reactive ketones (excluding diaryl/α,β-unsaturated/α-hetero) is 1. The van der Waals surface area contributed by atoms with Crippen LogP contribution in [0.5, 0.6) is 5.75 Å². The number of rotatable bonds is 4. The normalized spacial score (nSPS) is 16.8. The van der Waals surface area contributed by atoms with E-state index in [0.29, 0.717) is 43.7 Å². The lowest BCUT2D eigenvalue weighted by molar-refractivity contribution is -0.121. The molecule has 0 aromatic heterocycles. The van der Waals surface area contributed by atoms with E-state index in [1.54, 1.807) is 18.2 Å². The number of hydrogen-bond acceptors (Lipinski definition) is 4. The monoisotopic (exact) mass is 441 g/mol. The molecule has 2 aliphatic rings. The highest BCUT2D eigenvalue weighted by molar-refractivity contribution is 5.95. The number of amides is 1. The van der Waals surface area contributed by atoms with E-state index in [4.69, 9.17) is 4.74 Å². The van der Waals surface area contributed by atoms with E-state index in [1.807, 2.05) is 65.6 Å². The summed E-state index contributed by atoms with van der Waals surface area (Å²) >= 11 is 0. The minimum atomic E-state index is -1.11. The highest BCUT2D eigenvalue weighted by Gasteiger charge is 2.42. The summed E-state index contributed by atoms with van der Waals surface area (Å²) in [5.74, 6) is 0.646. The fraction of sp³-hybridized carbons (Fsp3) is 0.286. The van der Waals surface area contributed by atoms with E-state index in [2.05, 4.69) is 0 Å². The third-order valence-electron chi connectivity index (χ3n) is 6.88. The Morgan fingerprint density at radius 1 is 0.909 bits per heavy atom. The Hall–Kier alpha value is -3.44. The van der Waals surface area contributed by atoms with Crippen molar-refractivity contribution in [3.05, 3.63) is 101 Å². The standard InChI is InChI=1S/C28H27NO4/c30-25-18-21-17-20(11-12-26(21)33-19-25)27(31)29-15-13-24(14-16-29)28(32,22-7-3-1-4-8-22)23-9-5-2-6-10-23/h1-12,17,24,32H,13-16,18-19H2. The average molecular weight is 442 g/mol. The molecule has 2 heterocycles. The summed E-state index contributed by atoms with van der Waals surface area (Å²) in [4.78, 5) is 26.8. The van der Waals surface area contributed by atoms with Crippen molar-refractivity contribution in [2.75, 3.05) is 19.7 Å². The first kappa shape index (κ1) is 21.4. The number of carbonyl (C=O) groups excluding carboxylic acids is 2. The molecule has 0 saturated carbocycles. The molecule has 0 radical (unpaired) electrons. The van der Waals surface area contributed by atoms with Crippen molar-refractivity contribution in [3.8, 4) is 5.75 Å². The van der Waals surface area contributed by atoms with Gasteiger partial charge in [-0.1, -0.05) is 60.7 Å². The summed E-state index contributed by atoms with van der Waals surface area (Å²) < 4.78 is 5.45. The van der Waals surface area contributed by atoms with Gasteiger partial charge in [0.1, 0.15) is 18.0 Å². The zero-order valence-corrected chi connectivity index (χ0v) is 18.4. The highest BCUT2D eigenvalue weighted by atomic mass is 16.5. The largest absolute Gasteiger partial charge is 0.486 e. The van der Waals surface area contributed by atoms with Gasteiger partial charge in [-0.05, 0) is 48.1 Å². The molecule has 0 bridgehead atoms. The van der Waals surface area contributed by atoms with Crippen LogP contribution in [0.4, 0.5) is 0 Å². The third kappa shape index (κ3) is 4.05. The van der Waals surface area contributed by atoms with Gasteiger partial charge in [0, 0.05) is 30.6 Å². The van der Waals surface area contributed by atoms with Gasteiger partial charge in [0.2, 0.25) is 0 Å². The maximum atomic E-state index is 13.2. The molecule has 0 unspecified atom stereocenters. The van der Waals surface area contributed by atoms with Crippen LogP contribution in [0, 0.1) is 5.92 Å². The third-order valence-corrected chi connectivity index (χ3v) is 6.88. The van der Waals surface area contributed by atoms with Crippen molar-refractivity contribution in [1.82, 2.24) is 4.90 Å². The van der Waals surface area contributed by atoms with Crippen LogP contribution in [0.3, 0.4) is 0 Å². The quantitative estimate of drug-likeness (QED) is 0.665. The zero-order valence-electron chi connectivity index (χ0n) is 18.4. The summed E-state index contributed by atoms with van der Waals surface area (Å²) in [5.41, 5.74) is 1.99. The van der Waals surface area contributed by atoms with Crippen LogP contribution in [0.15, 0.2) is 78.9 Å². The van der Waals surface area contributed by atoms with Gasteiger partial charge >= 0.3 is 0 Å². The highest BCUT2D eigenvalue weighted by Crippen LogP contribution is 2.42. The number of hydrogen-bond donors (Lipinski definition) is 1. The van der Waals surface area contributed by atoms with Crippen LogP contribution in [0.2, 0.25) is 0 Å². The summed E-state index contributed by atoms with van der Waals surface area (Å²) in [5, 5.41) is 12.0. The van der Waals surface area contributed by atoms with Crippen molar-refractivity contribution in [2.24, 2.45) is 5.92 Å². The molecule has 5 rings (SSSR count). The first-order chi connectivity index (χ1) is 16.1. The Morgan fingerprint density at radius 2 is 1.52 bits per heavy atom. The zero-order chi connectivity index (χ0) is 22.8. The molecule has 3 aromatic carbocycles. The number of ketones is 1. The van der Waals surface area contributed by atoms with Crippen molar-refractivity contribution >= 4 is 11.7 Å². The van der Waals surface area contributed by atoms with Crippen LogP contribution in [0.25, 0.3) is 0 Å². The second-order valence-corrected chi connectivity index (χ2v) is 8.89. The molecule has 0 spiro atoms. The van der Waals surface area contributed by atoms with Crippen LogP contribution in [-0.2, 0) is 16.8 Å². The molecule has 2 aliphatic heterocycles. The van der Waals surface area contributed by atoms with E-state index < -0.39 is 5.60 Å². The molecule has 0 atom stereocenters. The molecular weight excluding hydrogens is 414 g/mol. The van der Waals surface area contributed by atoms with E-state index in [0.717, 1.165) is 16.7 Å². The molecular formula is C28H27NO4. The summed E-state index contributed by atoms with van der Waals surface area (Å²) in [6.07, 6.45) is 1.69. The van der Waals surface area contributed by atoms with Crippen LogP contribution >= 0.6 is 0 Å². The second-order valence-electron chi connectivity index (χ2n) is 8.89. The molecule has 3 aromatic rings. The summed E-state index contributed by atoms with van der Waals surface area (Å²) in [7, 11) is 0. The number of carbonyl (C=O) groups is 2.